The molecule has 1 atom stereocenters. The molecule has 0 bridgehead atoms. The summed E-state index contributed by atoms with van der Waals surface area (Å²) in [6.45, 7) is 1.48. The lowest BCUT2D eigenvalue weighted by Gasteiger charge is -2.15. The summed E-state index contributed by atoms with van der Waals surface area (Å²) in [5.41, 5.74) is 0.616. The first-order valence-corrected chi connectivity index (χ1v) is 11.6. The number of carbonyl (C=O) groups is 1. The molecule has 164 valence electrons. The molecule has 12 heteroatoms. The molecule has 10 nitrogen and oxygen atoms in total. The van der Waals surface area contributed by atoms with Crippen molar-refractivity contribution in [3.8, 4) is 11.5 Å². The number of amides is 1. The second-order valence-electron chi connectivity index (χ2n) is 6.27. The number of hydrogen-bond donors (Lipinski definition) is 3. The Morgan fingerprint density at radius 2 is 1.53 bits per heavy atom. The fourth-order valence-electron chi connectivity index (χ4n) is 2.48. The SMILES string of the molecule is COc1ccc(S(=O)(=O)NC(C)C(=O)NCc2ccc(S(N)(=O)=O)cc2)cc1OC. The van der Waals surface area contributed by atoms with E-state index in [1.165, 1.54) is 63.6 Å². The molecule has 2 aromatic rings. The molecule has 0 fully saturated rings. The van der Waals surface area contributed by atoms with Gasteiger partial charge in [0.15, 0.2) is 11.5 Å². The van der Waals surface area contributed by atoms with E-state index in [9.17, 15) is 21.6 Å². The third kappa shape index (κ3) is 5.92. The van der Waals surface area contributed by atoms with Crippen LogP contribution in [0.15, 0.2) is 52.3 Å². The highest BCUT2D eigenvalue weighted by Crippen LogP contribution is 2.29. The quantitative estimate of drug-likeness (QED) is 0.490. The fourth-order valence-corrected chi connectivity index (χ4v) is 4.21. The molecule has 2 rings (SSSR count). The molecule has 0 heterocycles. The van der Waals surface area contributed by atoms with Crippen LogP contribution >= 0.6 is 0 Å². The van der Waals surface area contributed by atoms with E-state index in [0.29, 0.717) is 11.3 Å². The third-order valence-electron chi connectivity index (χ3n) is 4.11. The summed E-state index contributed by atoms with van der Waals surface area (Å²) < 4.78 is 60.1. The Hall–Kier alpha value is -2.67. The molecule has 0 saturated carbocycles. The van der Waals surface area contributed by atoms with Gasteiger partial charge < -0.3 is 14.8 Å². The molecule has 1 unspecified atom stereocenters. The number of nitrogens with two attached hydrogens (primary N) is 1. The van der Waals surface area contributed by atoms with E-state index in [1.807, 2.05) is 0 Å². The summed E-state index contributed by atoms with van der Waals surface area (Å²) in [5.74, 6) is 0.0469. The molecular formula is C18H23N3O7S2. The van der Waals surface area contributed by atoms with Crippen LogP contribution < -0.4 is 24.7 Å². The third-order valence-corrected chi connectivity index (χ3v) is 6.58. The molecule has 2 aromatic carbocycles. The van der Waals surface area contributed by atoms with E-state index in [4.69, 9.17) is 14.6 Å². The van der Waals surface area contributed by atoms with Gasteiger partial charge in [-0.05, 0) is 36.8 Å². The van der Waals surface area contributed by atoms with E-state index in [2.05, 4.69) is 10.0 Å². The Bertz CT molecular complexity index is 1110. The monoisotopic (exact) mass is 457 g/mol. The summed E-state index contributed by atoms with van der Waals surface area (Å²) in [6.07, 6.45) is 0. The van der Waals surface area contributed by atoms with Crippen LogP contribution in [0.5, 0.6) is 11.5 Å². The zero-order chi connectivity index (χ0) is 22.5. The van der Waals surface area contributed by atoms with Gasteiger partial charge in [0, 0.05) is 12.6 Å². The molecule has 0 aliphatic carbocycles. The predicted octanol–water partition coefficient (Wildman–Crippen LogP) is 0.334. The summed E-state index contributed by atoms with van der Waals surface area (Å²) in [6, 6.07) is 8.65. The Morgan fingerprint density at radius 1 is 0.967 bits per heavy atom. The molecule has 0 aliphatic rings. The van der Waals surface area contributed by atoms with Crippen LogP contribution in [-0.4, -0.2) is 43.0 Å². The minimum atomic E-state index is -3.99. The van der Waals surface area contributed by atoms with Crippen molar-refractivity contribution in [2.45, 2.75) is 29.3 Å². The van der Waals surface area contributed by atoms with Crippen LogP contribution in [0.25, 0.3) is 0 Å². The topological polar surface area (TPSA) is 154 Å². The highest BCUT2D eigenvalue weighted by atomic mass is 32.2. The average molecular weight is 458 g/mol. The number of sulfonamides is 2. The number of benzene rings is 2. The summed E-state index contributed by atoms with van der Waals surface area (Å²) in [5, 5.41) is 7.61. The number of ether oxygens (including phenoxy) is 2. The van der Waals surface area contributed by atoms with Gasteiger partial charge >= 0.3 is 0 Å². The second kappa shape index (κ2) is 9.43. The maximum Gasteiger partial charge on any atom is 0.241 e. The standard InChI is InChI=1S/C18H23N3O7S2/c1-12(18(22)20-11-13-4-6-14(7-5-13)29(19,23)24)21-30(25,26)15-8-9-16(27-2)17(10-15)28-3/h4-10,12,21H,11H2,1-3H3,(H,20,22)(H2,19,23,24). The second-order valence-corrected chi connectivity index (χ2v) is 9.54. The number of rotatable bonds is 9. The van der Waals surface area contributed by atoms with Gasteiger partial charge in [-0.3, -0.25) is 4.79 Å². The van der Waals surface area contributed by atoms with Crippen LogP contribution in [-0.2, 0) is 31.4 Å². The van der Waals surface area contributed by atoms with Crippen LogP contribution in [0.3, 0.4) is 0 Å². The largest absolute Gasteiger partial charge is 0.493 e. The van der Waals surface area contributed by atoms with Crippen molar-refractivity contribution in [2.24, 2.45) is 5.14 Å². The minimum Gasteiger partial charge on any atom is -0.493 e. The Kier molecular flexibility index (Phi) is 7.42. The van der Waals surface area contributed by atoms with Crippen LogP contribution in [0.4, 0.5) is 0 Å². The maximum absolute atomic E-state index is 12.6. The number of nitrogens with one attached hydrogen (secondary N) is 2. The van der Waals surface area contributed by atoms with E-state index >= 15 is 0 Å². The zero-order valence-corrected chi connectivity index (χ0v) is 18.2. The predicted molar refractivity (Wildman–Crippen MR) is 109 cm³/mol. The van der Waals surface area contributed by atoms with Crippen molar-refractivity contribution >= 4 is 26.0 Å². The molecule has 1 amide bonds. The van der Waals surface area contributed by atoms with Gasteiger partial charge in [0.05, 0.1) is 30.1 Å². The normalized spacial score (nSPS) is 12.8. The summed E-state index contributed by atoms with van der Waals surface area (Å²) >= 11 is 0. The Morgan fingerprint density at radius 3 is 2.07 bits per heavy atom. The van der Waals surface area contributed by atoms with E-state index < -0.39 is 32.0 Å². The van der Waals surface area contributed by atoms with Gasteiger partial charge in [-0.25, -0.2) is 22.0 Å². The molecule has 0 saturated heterocycles. The van der Waals surface area contributed by atoms with Gasteiger partial charge in [-0.1, -0.05) is 12.1 Å². The van der Waals surface area contributed by atoms with Gasteiger partial charge in [0.1, 0.15) is 0 Å². The lowest BCUT2D eigenvalue weighted by atomic mass is 10.2. The molecule has 4 N–H and O–H groups in total. The van der Waals surface area contributed by atoms with Gasteiger partial charge in [0.2, 0.25) is 26.0 Å². The molecule has 0 spiro atoms. The number of hydrogen-bond acceptors (Lipinski definition) is 7. The number of carbonyl (C=O) groups excluding carboxylic acids is 1. The molecule has 30 heavy (non-hydrogen) atoms. The van der Waals surface area contributed by atoms with E-state index in [1.54, 1.807) is 0 Å². The summed E-state index contributed by atoms with van der Waals surface area (Å²) in [4.78, 5) is 12.1. The first-order chi connectivity index (χ1) is 14.0. The van der Waals surface area contributed by atoms with Crippen LogP contribution in [0.2, 0.25) is 0 Å². The van der Waals surface area contributed by atoms with Crippen molar-refractivity contribution < 1.29 is 31.1 Å². The van der Waals surface area contributed by atoms with E-state index in [0.717, 1.165) is 0 Å². The number of methoxy groups -OCH3 is 2. The van der Waals surface area contributed by atoms with Crippen molar-refractivity contribution in [1.29, 1.82) is 0 Å². The zero-order valence-electron chi connectivity index (χ0n) is 16.6. The Balaban J connectivity index is 2.02. The minimum absolute atomic E-state index is 0.0476. The lowest BCUT2D eigenvalue weighted by molar-refractivity contribution is -0.122. The highest BCUT2D eigenvalue weighted by molar-refractivity contribution is 7.89. The van der Waals surface area contributed by atoms with Crippen LogP contribution in [0.1, 0.15) is 12.5 Å². The first kappa shape index (κ1) is 23.6. The van der Waals surface area contributed by atoms with Crippen molar-refractivity contribution in [1.82, 2.24) is 10.0 Å². The van der Waals surface area contributed by atoms with Crippen molar-refractivity contribution in [3.63, 3.8) is 0 Å². The highest BCUT2D eigenvalue weighted by Gasteiger charge is 2.23. The molecule has 0 aliphatic heterocycles. The molecular weight excluding hydrogens is 434 g/mol. The maximum atomic E-state index is 12.6. The van der Waals surface area contributed by atoms with Gasteiger partial charge in [-0.15, -0.1) is 0 Å². The first-order valence-electron chi connectivity index (χ1n) is 8.61. The van der Waals surface area contributed by atoms with Crippen molar-refractivity contribution in [3.05, 3.63) is 48.0 Å². The molecule has 0 aromatic heterocycles. The van der Waals surface area contributed by atoms with Crippen LogP contribution in [0, 0.1) is 0 Å². The average Bonchev–Trinajstić information content (AvgIpc) is 2.70. The smallest absolute Gasteiger partial charge is 0.241 e. The van der Waals surface area contributed by atoms with Crippen molar-refractivity contribution in [2.75, 3.05) is 14.2 Å². The van der Waals surface area contributed by atoms with Gasteiger partial charge in [0.25, 0.3) is 0 Å². The Labute approximate surface area is 175 Å². The lowest BCUT2D eigenvalue weighted by Crippen LogP contribution is -2.44. The fraction of sp³-hybridized carbons (Fsp3) is 0.278. The number of primary sulfonamides is 1. The molecule has 0 radical (unpaired) electrons. The summed E-state index contributed by atoms with van der Waals surface area (Å²) in [7, 11) is -4.98. The van der Waals surface area contributed by atoms with E-state index in [-0.39, 0.29) is 22.1 Å². The van der Waals surface area contributed by atoms with Gasteiger partial charge in [-0.2, -0.15) is 4.72 Å².